The molecule has 0 aliphatic heterocycles. The first-order chi connectivity index (χ1) is 13.6. The SMILES string of the molecule is CCSCc1ccc(C(=O)NC(C)c2ccc(OCCOC)c(OC)c2)cc1. The third-order valence-electron chi connectivity index (χ3n) is 4.27. The van der Waals surface area contributed by atoms with Crippen molar-refractivity contribution in [1.29, 1.82) is 0 Å². The zero-order valence-corrected chi connectivity index (χ0v) is 17.8. The van der Waals surface area contributed by atoms with Crippen LogP contribution in [0.4, 0.5) is 0 Å². The number of benzene rings is 2. The monoisotopic (exact) mass is 403 g/mol. The number of hydrogen-bond acceptors (Lipinski definition) is 5. The highest BCUT2D eigenvalue weighted by Gasteiger charge is 2.14. The van der Waals surface area contributed by atoms with Gasteiger partial charge in [0, 0.05) is 18.4 Å². The van der Waals surface area contributed by atoms with Crippen molar-refractivity contribution in [1.82, 2.24) is 5.32 Å². The summed E-state index contributed by atoms with van der Waals surface area (Å²) in [6.07, 6.45) is 0. The second-order valence-corrected chi connectivity index (χ2v) is 7.56. The van der Waals surface area contributed by atoms with Gasteiger partial charge in [0.25, 0.3) is 5.91 Å². The summed E-state index contributed by atoms with van der Waals surface area (Å²) in [5, 5.41) is 3.04. The van der Waals surface area contributed by atoms with Crippen LogP contribution in [-0.2, 0) is 10.5 Å². The van der Waals surface area contributed by atoms with Gasteiger partial charge in [-0.25, -0.2) is 0 Å². The van der Waals surface area contributed by atoms with Crippen LogP contribution in [-0.4, -0.2) is 39.1 Å². The van der Waals surface area contributed by atoms with Crippen LogP contribution in [0, 0.1) is 0 Å². The van der Waals surface area contributed by atoms with Crippen molar-refractivity contribution in [3.05, 3.63) is 59.2 Å². The van der Waals surface area contributed by atoms with Crippen molar-refractivity contribution in [3.63, 3.8) is 0 Å². The Labute approximate surface area is 171 Å². The van der Waals surface area contributed by atoms with Crippen LogP contribution in [0.2, 0.25) is 0 Å². The normalized spacial score (nSPS) is 11.7. The average molecular weight is 404 g/mol. The Morgan fingerprint density at radius 2 is 1.82 bits per heavy atom. The van der Waals surface area contributed by atoms with Gasteiger partial charge in [-0.1, -0.05) is 25.1 Å². The maximum atomic E-state index is 12.6. The van der Waals surface area contributed by atoms with E-state index < -0.39 is 0 Å². The Morgan fingerprint density at radius 3 is 2.46 bits per heavy atom. The number of nitrogens with one attached hydrogen (secondary N) is 1. The van der Waals surface area contributed by atoms with Crippen molar-refractivity contribution in [2.24, 2.45) is 0 Å². The summed E-state index contributed by atoms with van der Waals surface area (Å²) in [6, 6.07) is 13.3. The van der Waals surface area contributed by atoms with Gasteiger partial charge in [-0.15, -0.1) is 0 Å². The van der Waals surface area contributed by atoms with Gasteiger partial charge in [0.2, 0.25) is 0 Å². The molecule has 1 unspecified atom stereocenters. The lowest BCUT2D eigenvalue weighted by molar-refractivity contribution is 0.0940. The van der Waals surface area contributed by atoms with Crippen molar-refractivity contribution in [3.8, 4) is 11.5 Å². The maximum Gasteiger partial charge on any atom is 0.251 e. The van der Waals surface area contributed by atoms with Gasteiger partial charge in [0.1, 0.15) is 6.61 Å². The summed E-state index contributed by atoms with van der Waals surface area (Å²) in [7, 11) is 3.23. The van der Waals surface area contributed by atoms with Gasteiger partial charge in [-0.3, -0.25) is 4.79 Å². The number of carbonyl (C=O) groups is 1. The summed E-state index contributed by atoms with van der Waals surface area (Å²) in [5.74, 6) is 3.24. The number of hydrogen-bond donors (Lipinski definition) is 1. The fraction of sp³-hybridized carbons (Fsp3) is 0.409. The molecule has 152 valence electrons. The molecular formula is C22H29NO4S. The van der Waals surface area contributed by atoms with Gasteiger partial charge in [-0.05, 0) is 48.1 Å². The minimum atomic E-state index is -0.162. The van der Waals surface area contributed by atoms with Crippen molar-refractivity contribution in [2.75, 3.05) is 33.2 Å². The van der Waals surface area contributed by atoms with E-state index >= 15 is 0 Å². The number of methoxy groups -OCH3 is 2. The lowest BCUT2D eigenvalue weighted by atomic mass is 10.1. The first kappa shape index (κ1) is 22.1. The van der Waals surface area contributed by atoms with Crippen LogP contribution >= 0.6 is 11.8 Å². The lowest BCUT2D eigenvalue weighted by Gasteiger charge is -2.17. The highest BCUT2D eigenvalue weighted by molar-refractivity contribution is 7.98. The van der Waals surface area contributed by atoms with E-state index in [0.717, 1.165) is 17.1 Å². The molecule has 28 heavy (non-hydrogen) atoms. The van der Waals surface area contributed by atoms with E-state index in [4.69, 9.17) is 14.2 Å². The highest BCUT2D eigenvalue weighted by atomic mass is 32.2. The Hall–Kier alpha value is -2.18. The van der Waals surface area contributed by atoms with Crippen LogP contribution < -0.4 is 14.8 Å². The zero-order valence-electron chi connectivity index (χ0n) is 17.0. The Morgan fingerprint density at radius 1 is 1.07 bits per heavy atom. The second kappa shape index (κ2) is 11.6. The second-order valence-electron chi connectivity index (χ2n) is 6.28. The average Bonchev–Trinajstić information content (AvgIpc) is 2.72. The smallest absolute Gasteiger partial charge is 0.251 e. The molecule has 2 aromatic carbocycles. The van der Waals surface area contributed by atoms with Crippen LogP contribution in [0.1, 0.15) is 41.4 Å². The molecule has 2 aromatic rings. The maximum absolute atomic E-state index is 12.6. The molecule has 1 atom stereocenters. The summed E-state index contributed by atoms with van der Waals surface area (Å²) in [5.41, 5.74) is 2.83. The predicted molar refractivity (Wildman–Crippen MR) is 115 cm³/mol. The summed E-state index contributed by atoms with van der Waals surface area (Å²) in [4.78, 5) is 12.6. The fourth-order valence-electron chi connectivity index (χ4n) is 2.64. The molecule has 0 aliphatic rings. The molecule has 0 spiro atoms. The number of ether oxygens (including phenoxy) is 3. The lowest BCUT2D eigenvalue weighted by Crippen LogP contribution is -2.26. The quantitative estimate of drug-likeness (QED) is 0.561. The molecule has 2 rings (SSSR count). The molecule has 0 saturated carbocycles. The molecule has 0 aliphatic carbocycles. The molecule has 0 heterocycles. The molecule has 6 heteroatoms. The molecule has 0 fully saturated rings. The molecule has 0 bridgehead atoms. The number of carbonyl (C=O) groups excluding carboxylic acids is 1. The molecule has 0 saturated heterocycles. The van der Waals surface area contributed by atoms with Crippen LogP contribution in [0.15, 0.2) is 42.5 Å². The highest BCUT2D eigenvalue weighted by Crippen LogP contribution is 2.30. The van der Waals surface area contributed by atoms with Gasteiger partial charge in [0.15, 0.2) is 11.5 Å². The molecule has 0 radical (unpaired) electrons. The van der Waals surface area contributed by atoms with Crippen molar-refractivity contribution in [2.45, 2.75) is 25.6 Å². The largest absolute Gasteiger partial charge is 0.493 e. The summed E-state index contributed by atoms with van der Waals surface area (Å²) in [6.45, 7) is 5.05. The Kier molecular flexibility index (Phi) is 9.17. The molecular weight excluding hydrogens is 374 g/mol. The first-order valence-electron chi connectivity index (χ1n) is 9.36. The zero-order chi connectivity index (χ0) is 20.4. The Balaban J connectivity index is 2.01. The molecule has 1 N–H and O–H groups in total. The van der Waals surface area contributed by atoms with Crippen LogP contribution in [0.3, 0.4) is 0 Å². The Bertz CT molecular complexity index is 749. The van der Waals surface area contributed by atoms with E-state index in [0.29, 0.717) is 30.3 Å². The van der Waals surface area contributed by atoms with Gasteiger partial charge >= 0.3 is 0 Å². The van der Waals surface area contributed by atoms with E-state index in [-0.39, 0.29) is 11.9 Å². The van der Waals surface area contributed by atoms with Crippen LogP contribution in [0.5, 0.6) is 11.5 Å². The minimum Gasteiger partial charge on any atom is -0.493 e. The molecule has 5 nitrogen and oxygen atoms in total. The third kappa shape index (κ3) is 6.46. The van der Waals surface area contributed by atoms with E-state index in [1.165, 1.54) is 5.56 Å². The summed E-state index contributed by atoms with van der Waals surface area (Å²) >= 11 is 1.86. The topological polar surface area (TPSA) is 56.8 Å². The standard InChI is InChI=1S/C22H29NO4S/c1-5-28-15-17-6-8-18(9-7-17)22(24)23-16(2)19-10-11-20(21(14-19)26-4)27-13-12-25-3/h6-11,14,16H,5,12-13,15H2,1-4H3,(H,23,24). The summed E-state index contributed by atoms with van der Waals surface area (Å²) < 4.78 is 16.1. The first-order valence-corrected chi connectivity index (χ1v) is 10.5. The predicted octanol–water partition coefficient (Wildman–Crippen LogP) is 4.46. The number of amides is 1. The van der Waals surface area contributed by atoms with Crippen LogP contribution in [0.25, 0.3) is 0 Å². The minimum absolute atomic E-state index is 0.0958. The van der Waals surface area contributed by atoms with E-state index in [1.54, 1.807) is 14.2 Å². The van der Waals surface area contributed by atoms with E-state index in [2.05, 4.69) is 12.2 Å². The van der Waals surface area contributed by atoms with Gasteiger partial charge < -0.3 is 19.5 Å². The fourth-order valence-corrected chi connectivity index (χ4v) is 3.28. The van der Waals surface area contributed by atoms with Crippen molar-refractivity contribution >= 4 is 17.7 Å². The van der Waals surface area contributed by atoms with Gasteiger partial charge in [0.05, 0.1) is 19.8 Å². The molecule has 0 aromatic heterocycles. The van der Waals surface area contributed by atoms with E-state index in [9.17, 15) is 4.79 Å². The van der Waals surface area contributed by atoms with Gasteiger partial charge in [-0.2, -0.15) is 11.8 Å². The third-order valence-corrected chi connectivity index (χ3v) is 5.21. The molecule has 1 amide bonds. The van der Waals surface area contributed by atoms with Crippen molar-refractivity contribution < 1.29 is 19.0 Å². The number of rotatable bonds is 11. The number of thioether (sulfide) groups is 1. The van der Waals surface area contributed by atoms with E-state index in [1.807, 2.05) is 61.2 Å².